The molecular formula is C34H50FN7O5S. The lowest BCUT2D eigenvalue weighted by atomic mass is 9.72. The van der Waals surface area contributed by atoms with Crippen LogP contribution in [0.4, 0.5) is 10.2 Å². The molecule has 4 fully saturated rings. The molecule has 0 bridgehead atoms. The second-order valence-electron chi connectivity index (χ2n) is 14.2. The molecule has 4 aliphatic heterocycles. The van der Waals surface area contributed by atoms with Gasteiger partial charge < -0.3 is 24.2 Å². The van der Waals surface area contributed by atoms with Crippen molar-refractivity contribution >= 4 is 21.9 Å². The number of amides is 1. The minimum Gasteiger partial charge on any atom is -0.451 e. The molecule has 1 aromatic carbocycles. The molecule has 4 saturated heterocycles. The number of halogens is 1. The number of benzene rings is 1. The van der Waals surface area contributed by atoms with Gasteiger partial charge in [-0.3, -0.25) is 4.79 Å². The Balaban J connectivity index is 0.996. The zero-order chi connectivity index (χ0) is 34.1. The summed E-state index contributed by atoms with van der Waals surface area (Å²) in [5.41, 5.74) is 0.362. The Morgan fingerprint density at radius 2 is 1.94 bits per heavy atom. The third-order valence-electron chi connectivity index (χ3n) is 10.5. The Hall–Kier alpha value is -2.91. The molecule has 2 aromatic rings. The zero-order valence-corrected chi connectivity index (χ0v) is 29.4. The van der Waals surface area contributed by atoms with Crippen LogP contribution in [0.15, 0.2) is 30.7 Å². The number of aromatic nitrogens is 2. The Morgan fingerprint density at radius 3 is 2.58 bits per heavy atom. The van der Waals surface area contributed by atoms with Crippen molar-refractivity contribution in [3.63, 3.8) is 0 Å². The summed E-state index contributed by atoms with van der Waals surface area (Å²) < 4.78 is 56.8. The monoisotopic (exact) mass is 687 g/mol. The molecule has 5 heterocycles. The second kappa shape index (κ2) is 14.5. The molecule has 0 radical (unpaired) electrons. The molecule has 1 spiro atoms. The van der Waals surface area contributed by atoms with E-state index < -0.39 is 16.0 Å². The fourth-order valence-electron chi connectivity index (χ4n) is 7.71. The normalized spacial score (nSPS) is 25.0. The van der Waals surface area contributed by atoms with E-state index in [0.717, 1.165) is 71.2 Å². The first kappa shape index (κ1) is 34.9. The van der Waals surface area contributed by atoms with E-state index in [2.05, 4.69) is 24.5 Å². The molecule has 4 aliphatic rings. The van der Waals surface area contributed by atoms with Crippen LogP contribution in [0.5, 0.6) is 11.5 Å². The van der Waals surface area contributed by atoms with E-state index in [1.54, 1.807) is 15.4 Å². The van der Waals surface area contributed by atoms with Crippen LogP contribution in [-0.2, 0) is 14.9 Å². The van der Waals surface area contributed by atoms with Gasteiger partial charge >= 0.3 is 0 Å². The highest BCUT2D eigenvalue weighted by molar-refractivity contribution is 7.87. The van der Waals surface area contributed by atoms with E-state index in [9.17, 15) is 17.6 Å². The number of hydrogen-bond acceptors (Lipinski definition) is 9. The number of likely N-dealkylation sites (tertiary alicyclic amines) is 1. The number of nitrogens with one attached hydrogen (secondary N) is 1. The van der Waals surface area contributed by atoms with Crippen LogP contribution in [0.1, 0.15) is 76.6 Å². The number of carbonyl (C=O) groups excluding carboxylic acids is 1. The minimum absolute atomic E-state index is 0.0440. The van der Waals surface area contributed by atoms with E-state index in [0.29, 0.717) is 31.3 Å². The van der Waals surface area contributed by atoms with Crippen LogP contribution in [0, 0.1) is 11.2 Å². The van der Waals surface area contributed by atoms with Crippen LogP contribution in [-0.4, -0.2) is 115 Å². The van der Waals surface area contributed by atoms with Gasteiger partial charge in [0.25, 0.3) is 16.1 Å². The van der Waals surface area contributed by atoms with Gasteiger partial charge in [-0.15, -0.1) is 0 Å². The number of hydrogen-bond donors (Lipinski definition) is 1. The molecule has 14 heteroatoms. The highest BCUT2D eigenvalue weighted by atomic mass is 32.2. The van der Waals surface area contributed by atoms with Crippen LogP contribution < -0.4 is 14.4 Å². The number of anilines is 1. The van der Waals surface area contributed by atoms with Crippen molar-refractivity contribution in [2.24, 2.45) is 5.41 Å². The van der Waals surface area contributed by atoms with Crippen molar-refractivity contribution in [1.29, 1.82) is 0 Å². The third kappa shape index (κ3) is 7.62. The number of rotatable bonds is 11. The van der Waals surface area contributed by atoms with Crippen LogP contribution >= 0.6 is 0 Å². The maximum atomic E-state index is 14.3. The van der Waals surface area contributed by atoms with Crippen LogP contribution in [0.3, 0.4) is 0 Å². The zero-order valence-electron chi connectivity index (χ0n) is 28.6. The first-order valence-electron chi connectivity index (χ1n) is 17.4. The van der Waals surface area contributed by atoms with Gasteiger partial charge in [-0.2, -0.15) is 17.4 Å². The average Bonchev–Trinajstić information content (AvgIpc) is 3.49. The van der Waals surface area contributed by atoms with Crippen molar-refractivity contribution in [2.45, 2.75) is 90.4 Å². The number of carbonyl (C=O) groups is 1. The predicted molar refractivity (Wildman–Crippen MR) is 181 cm³/mol. The van der Waals surface area contributed by atoms with E-state index in [4.69, 9.17) is 9.47 Å². The summed E-state index contributed by atoms with van der Waals surface area (Å²) in [6, 6.07) is 3.84. The molecular weight excluding hydrogens is 637 g/mol. The highest BCUT2D eigenvalue weighted by Crippen LogP contribution is 2.45. The van der Waals surface area contributed by atoms with E-state index >= 15 is 0 Å². The SMILES string of the molecule is CCN(C(=O)c1cc(F)ccc1Oc1cncnc1N1CC2(CCN(C[C@@H]3CC[C@@H](NS(=O)(=O)N4CCC[C@@H]4C)CO3)CC2)C1)C(C)C. The first-order valence-corrected chi connectivity index (χ1v) is 18.9. The largest absolute Gasteiger partial charge is 0.451 e. The van der Waals surface area contributed by atoms with E-state index in [1.165, 1.54) is 24.5 Å². The number of nitrogens with zero attached hydrogens (tertiary/aromatic N) is 6. The lowest BCUT2D eigenvalue weighted by molar-refractivity contribution is -0.0301. The summed E-state index contributed by atoms with van der Waals surface area (Å²) in [5, 5.41) is 0. The average molecular weight is 688 g/mol. The summed E-state index contributed by atoms with van der Waals surface area (Å²) in [4.78, 5) is 28.4. The molecule has 6 rings (SSSR count). The number of ether oxygens (including phenoxy) is 2. The third-order valence-corrected chi connectivity index (χ3v) is 12.3. The van der Waals surface area contributed by atoms with Gasteiger partial charge in [0.05, 0.1) is 24.5 Å². The maximum Gasteiger partial charge on any atom is 0.280 e. The molecule has 1 aromatic heterocycles. The Bertz CT molecular complexity index is 1540. The van der Waals surface area contributed by atoms with Gasteiger partial charge in [0.1, 0.15) is 17.9 Å². The summed E-state index contributed by atoms with van der Waals surface area (Å²) >= 11 is 0. The molecule has 48 heavy (non-hydrogen) atoms. The van der Waals surface area contributed by atoms with Crippen LogP contribution in [0.25, 0.3) is 0 Å². The van der Waals surface area contributed by atoms with Crippen molar-refractivity contribution in [1.82, 2.24) is 28.8 Å². The van der Waals surface area contributed by atoms with Gasteiger partial charge in [0.15, 0.2) is 11.6 Å². The smallest absolute Gasteiger partial charge is 0.280 e. The Morgan fingerprint density at radius 1 is 1.17 bits per heavy atom. The van der Waals surface area contributed by atoms with Crippen molar-refractivity contribution in [2.75, 3.05) is 57.3 Å². The van der Waals surface area contributed by atoms with Gasteiger partial charge in [-0.1, -0.05) is 0 Å². The van der Waals surface area contributed by atoms with Crippen molar-refractivity contribution < 1.29 is 27.1 Å². The van der Waals surface area contributed by atoms with Gasteiger partial charge in [0, 0.05) is 56.3 Å². The van der Waals surface area contributed by atoms with Crippen LogP contribution in [0.2, 0.25) is 0 Å². The Kier molecular flexibility index (Phi) is 10.6. The summed E-state index contributed by atoms with van der Waals surface area (Å²) in [6.45, 7) is 13.7. The predicted octanol–water partition coefficient (Wildman–Crippen LogP) is 4.05. The van der Waals surface area contributed by atoms with E-state index in [1.807, 2.05) is 27.7 Å². The molecule has 3 atom stereocenters. The van der Waals surface area contributed by atoms with Crippen molar-refractivity contribution in [3.05, 3.63) is 42.1 Å². The topological polar surface area (TPSA) is 120 Å². The number of piperidine rings is 1. The maximum absolute atomic E-state index is 14.3. The lowest BCUT2D eigenvalue weighted by Gasteiger charge is -2.54. The standard InChI is InChI=1S/C34H50FN7O5S/c1-5-41(24(2)3)33(43)29-17-26(35)8-11-30(29)47-31-18-36-23-37-32(31)40-21-34(22-40)12-15-39(16-13-34)19-28-10-9-27(20-46-28)38-48(44,45)42-14-6-7-25(42)4/h8,11,17-18,23-25,27-28,38H,5-7,9-10,12-16,19-22H2,1-4H3/t25-,27+,28-/m0/s1. The molecule has 1 N–H and O–H groups in total. The lowest BCUT2D eigenvalue weighted by Crippen LogP contribution is -2.61. The molecule has 0 saturated carbocycles. The summed E-state index contributed by atoms with van der Waals surface area (Å²) in [5.74, 6) is 0.584. The molecule has 0 unspecified atom stereocenters. The van der Waals surface area contributed by atoms with Gasteiger partial charge in [-0.25, -0.2) is 14.4 Å². The second-order valence-corrected chi connectivity index (χ2v) is 15.9. The van der Waals surface area contributed by atoms with Gasteiger partial charge in [-0.05, 0) is 97.5 Å². The first-order chi connectivity index (χ1) is 23.0. The summed E-state index contributed by atoms with van der Waals surface area (Å²) in [7, 11) is -3.48. The molecule has 264 valence electrons. The van der Waals surface area contributed by atoms with Gasteiger partial charge in [0.2, 0.25) is 0 Å². The molecule has 0 aliphatic carbocycles. The Labute approximate surface area is 284 Å². The fraction of sp³-hybridized carbons (Fsp3) is 0.676. The molecule has 1 amide bonds. The van der Waals surface area contributed by atoms with Crippen molar-refractivity contribution in [3.8, 4) is 11.5 Å². The molecule has 12 nitrogen and oxygen atoms in total. The van der Waals surface area contributed by atoms with E-state index in [-0.39, 0.29) is 46.9 Å². The quantitative estimate of drug-likeness (QED) is 0.373. The minimum atomic E-state index is -3.48. The fourth-order valence-corrected chi connectivity index (χ4v) is 9.40. The summed E-state index contributed by atoms with van der Waals surface area (Å²) in [6.07, 6.45) is 8.77. The highest BCUT2D eigenvalue weighted by Gasteiger charge is 2.46.